The van der Waals surface area contributed by atoms with Gasteiger partial charge >= 0.3 is 6.09 Å². The number of nitrogens with zero attached hydrogens (tertiary/aromatic N) is 1. The highest BCUT2D eigenvalue weighted by Crippen LogP contribution is 2.41. The lowest BCUT2D eigenvalue weighted by molar-refractivity contribution is -0.139. The molecule has 1 aliphatic carbocycles. The SMILES string of the molecule is Cc1ccccc1C(C(=O)Nc1c(C)cccc1Cl)N(C(=O)CNC(=O)OC(C)(C)C)C1CC1C. The molecular formula is C27H34ClN3O4. The minimum Gasteiger partial charge on any atom is -0.444 e. The third-order valence-electron chi connectivity index (χ3n) is 5.97. The van der Waals surface area contributed by atoms with E-state index >= 15 is 0 Å². The van der Waals surface area contributed by atoms with Crippen LogP contribution in [-0.4, -0.2) is 41.0 Å². The molecule has 7 nitrogen and oxygen atoms in total. The number of hydrogen-bond acceptors (Lipinski definition) is 4. The molecule has 188 valence electrons. The third kappa shape index (κ3) is 6.75. The van der Waals surface area contributed by atoms with Crippen molar-refractivity contribution in [2.75, 3.05) is 11.9 Å². The van der Waals surface area contributed by atoms with Crippen molar-refractivity contribution >= 4 is 35.2 Å². The van der Waals surface area contributed by atoms with E-state index in [9.17, 15) is 14.4 Å². The van der Waals surface area contributed by atoms with E-state index in [1.54, 1.807) is 31.7 Å². The first-order valence-electron chi connectivity index (χ1n) is 11.8. The lowest BCUT2D eigenvalue weighted by atomic mass is 9.98. The van der Waals surface area contributed by atoms with Crippen molar-refractivity contribution < 1.29 is 19.1 Å². The standard InChI is InChI=1S/C27H34ClN3O4/c1-16-10-7-8-12-19(16)24(25(33)30-23-17(2)11-9-13-20(23)28)31(21-14-18(21)3)22(32)15-29-26(34)35-27(4,5)6/h7-13,18,21,24H,14-15H2,1-6H3,(H,29,34)(H,30,33). The average molecular weight is 500 g/mol. The summed E-state index contributed by atoms with van der Waals surface area (Å²) >= 11 is 6.38. The lowest BCUT2D eigenvalue weighted by Crippen LogP contribution is -2.48. The fraction of sp³-hybridized carbons (Fsp3) is 0.444. The van der Waals surface area contributed by atoms with E-state index < -0.39 is 17.7 Å². The number of amides is 3. The smallest absolute Gasteiger partial charge is 0.408 e. The summed E-state index contributed by atoms with van der Waals surface area (Å²) in [4.78, 5) is 41.1. The van der Waals surface area contributed by atoms with Crippen molar-refractivity contribution in [3.05, 3.63) is 64.2 Å². The fourth-order valence-electron chi connectivity index (χ4n) is 4.06. The second kappa shape index (κ2) is 10.7. The van der Waals surface area contributed by atoms with Gasteiger partial charge in [0.25, 0.3) is 5.91 Å². The fourth-order valence-corrected chi connectivity index (χ4v) is 4.33. The highest BCUT2D eigenvalue weighted by Gasteiger charge is 2.46. The van der Waals surface area contributed by atoms with Crippen LogP contribution in [0.5, 0.6) is 0 Å². The van der Waals surface area contributed by atoms with E-state index in [2.05, 4.69) is 10.6 Å². The molecule has 0 spiro atoms. The van der Waals surface area contributed by atoms with Gasteiger partial charge in [-0.1, -0.05) is 54.9 Å². The summed E-state index contributed by atoms with van der Waals surface area (Å²) in [6, 6.07) is 11.9. The van der Waals surface area contributed by atoms with E-state index in [1.165, 1.54) is 0 Å². The molecule has 3 amide bonds. The molecule has 0 radical (unpaired) electrons. The van der Waals surface area contributed by atoms with Gasteiger partial charge in [0.2, 0.25) is 5.91 Å². The van der Waals surface area contributed by atoms with Gasteiger partial charge in [-0.2, -0.15) is 0 Å². The quantitative estimate of drug-likeness (QED) is 0.534. The summed E-state index contributed by atoms with van der Waals surface area (Å²) in [6.07, 6.45) is 0.0946. The molecule has 1 aliphatic rings. The maximum absolute atomic E-state index is 13.8. The summed E-state index contributed by atoms with van der Waals surface area (Å²) in [5.74, 6) is -0.480. The number of carbonyl (C=O) groups excluding carboxylic acids is 3. The number of benzene rings is 2. The highest BCUT2D eigenvalue weighted by molar-refractivity contribution is 6.34. The number of para-hydroxylation sites is 1. The van der Waals surface area contributed by atoms with Gasteiger partial charge in [-0.25, -0.2) is 4.79 Å². The zero-order valence-electron chi connectivity index (χ0n) is 21.1. The Morgan fingerprint density at radius 2 is 1.71 bits per heavy atom. The predicted octanol–water partition coefficient (Wildman–Crippen LogP) is 5.40. The molecule has 3 atom stereocenters. The van der Waals surface area contributed by atoms with Gasteiger partial charge in [0, 0.05) is 6.04 Å². The Kier molecular flexibility index (Phi) is 8.11. The van der Waals surface area contributed by atoms with E-state index in [4.69, 9.17) is 16.3 Å². The minimum absolute atomic E-state index is 0.120. The Bertz CT molecular complexity index is 1090. The van der Waals surface area contributed by atoms with E-state index in [0.29, 0.717) is 10.7 Å². The summed E-state index contributed by atoms with van der Waals surface area (Å²) in [5, 5.41) is 5.92. The number of anilines is 1. The number of halogens is 1. The third-order valence-corrected chi connectivity index (χ3v) is 6.29. The van der Waals surface area contributed by atoms with Crippen LogP contribution in [0, 0.1) is 19.8 Å². The van der Waals surface area contributed by atoms with Gasteiger partial charge in [0.05, 0.1) is 10.7 Å². The zero-order valence-corrected chi connectivity index (χ0v) is 21.9. The molecule has 0 saturated heterocycles. The molecule has 2 aromatic rings. The molecule has 3 unspecified atom stereocenters. The van der Waals surface area contributed by atoms with E-state index in [1.807, 2.05) is 57.2 Å². The van der Waals surface area contributed by atoms with Gasteiger partial charge in [0.15, 0.2) is 0 Å². The summed E-state index contributed by atoms with van der Waals surface area (Å²) in [5.41, 5.74) is 2.25. The first kappa shape index (κ1) is 26.5. The number of rotatable bonds is 7. The largest absolute Gasteiger partial charge is 0.444 e. The molecule has 0 aliphatic heterocycles. The molecule has 3 rings (SSSR count). The monoisotopic (exact) mass is 499 g/mol. The van der Waals surface area contributed by atoms with Crippen LogP contribution in [0.3, 0.4) is 0 Å². The van der Waals surface area contributed by atoms with Crippen molar-refractivity contribution in [2.24, 2.45) is 5.92 Å². The van der Waals surface area contributed by atoms with Crippen LogP contribution in [0.25, 0.3) is 0 Å². The molecule has 0 aromatic heterocycles. The van der Waals surface area contributed by atoms with E-state index in [0.717, 1.165) is 23.1 Å². The number of carbonyl (C=O) groups is 3. The van der Waals surface area contributed by atoms with Crippen LogP contribution >= 0.6 is 11.6 Å². The summed E-state index contributed by atoms with van der Waals surface area (Å²) in [6.45, 7) is 10.8. The highest BCUT2D eigenvalue weighted by atomic mass is 35.5. The normalized spacial score (nSPS) is 17.8. The van der Waals surface area contributed by atoms with Crippen LogP contribution in [0.15, 0.2) is 42.5 Å². The minimum atomic E-state index is -0.894. The summed E-state index contributed by atoms with van der Waals surface area (Å²) < 4.78 is 5.27. The van der Waals surface area contributed by atoms with Crippen LogP contribution < -0.4 is 10.6 Å². The second-order valence-corrected chi connectivity index (χ2v) is 10.5. The van der Waals surface area contributed by atoms with Gasteiger partial charge in [-0.05, 0) is 69.7 Å². The number of aryl methyl sites for hydroxylation is 2. The van der Waals surface area contributed by atoms with Crippen LogP contribution in [0.1, 0.15) is 56.8 Å². The predicted molar refractivity (Wildman–Crippen MR) is 137 cm³/mol. The van der Waals surface area contributed by atoms with Crippen molar-refractivity contribution in [3.63, 3.8) is 0 Å². The van der Waals surface area contributed by atoms with Crippen LogP contribution in [-0.2, 0) is 14.3 Å². The van der Waals surface area contributed by atoms with Crippen molar-refractivity contribution in [2.45, 2.75) is 65.6 Å². The molecular weight excluding hydrogens is 466 g/mol. The Hall–Kier alpha value is -3.06. The molecule has 8 heteroatoms. The molecule has 1 fully saturated rings. The van der Waals surface area contributed by atoms with Crippen LogP contribution in [0.2, 0.25) is 5.02 Å². The Morgan fingerprint density at radius 3 is 2.29 bits per heavy atom. The van der Waals surface area contributed by atoms with Gasteiger partial charge in [-0.15, -0.1) is 0 Å². The van der Waals surface area contributed by atoms with Crippen molar-refractivity contribution in [1.82, 2.24) is 10.2 Å². The molecule has 0 bridgehead atoms. The molecule has 2 N–H and O–H groups in total. The Balaban J connectivity index is 1.94. The second-order valence-electron chi connectivity index (χ2n) is 10.1. The average Bonchev–Trinajstić information content (AvgIpc) is 3.48. The Morgan fingerprint density at radius 1 is 1.09 bits per heavy atom. The molecule has 2 aromatic carbocycles. The number of ether oxygens (including phenoxy) is 1. The number of nitrogens with one attached hydrogen (secondary N) is 2. The van der Waals surface area contributed by atoms with Gasteiger partial charge < -0.3 is 20.3 Å². The van der Waals surface area contributed by atoms with Crippen molar-refractivity contribution in [3.8, 4) is 0 Å². The first-order chi connectivity index (χ1) is 16.4. The Labute approximate surface area is 212 Å². The molecule has 0 heterocycles. The zero-order chi connectivity index (χ0) is 25.9. The lowest BCUT2D eigenvalue weighted by Gasteiger charge is -2.33. The molecule has 1 saturated carbocycles. The maximum atomic E-state index is 13.8. The van der Waals surface area contributed by atoms with Crippen LogP contribution in [0.4, 0.5) is 10.5 Å². The van der Waals surface area contributed by atoms with E-state index in [-0.39, 0.29) is 30.3 Å². The van der Waals surface area contributed by atoms with Gasteiger partial charge in [-0.3, -0.25) is 9.59 Å². The number of hydrogen-bond donors (Lipinski definition) is 2. The molecule has 35 heavy (non-hydrogen) atoms. The number of alkyl carbamates (subject to hydrolysis) is 1. The maximum Gasteiger partial charge on any atom is 0.408 e. The summed E-state index contributed by atoms with van der Waals surface area (Å²) in [7, 11) is 0. The first-order valence-corrected chi connectivity index (χ1v) is 12.2. The van der Waals surface area contributed by atoms with Crippen molar-refractivity contribution in [1.29, 1.82) is 0 Å². The topological polar surface area (TPSA) is 87.7 Å². The van der Waals surface area contributed by atoms with Gasteiger partial charge in [0.1, 0.15) is 18.2 Å².